The highest BCUT2D eigenvalue weighted by Gasteiger charge is 2.47. The van der Waals surface area contributed by atoms with E-state index < -0.39 is 53.2 Å². The molecule has 0 saturated carbocycles. The summed E-state index contributed by atoms with van der Waals surface area (Å²) in [6.45, 7) is 3.79. The highest BCUT2D eigenvalue weighted by atomic mass is 19.4. The molecule has 12 heteroatoms. The lowest BCUT2D eigenvalue weighted by atomic mass is 9.93. The van der Waals surface area contributed by atoms with Gasteiger partial charge in [0.25, 0.3) is 0 Å². The molecule has 0 amide bonds. The third-order valence-electron chi connectivity index (χ3n) is 6.63. The van der Waals surface area contributed by atoms with E-state index in [0.717, 1.165) is 24.3 Å². The summed E-state index contributed by atoms with van der Waals surface area (Å²) >= 11 is 0. The summed E-state index contributed by atoms with van der Waals surface area (Å²) in [7, 11) is 2.95. The van der Waals surface area contributed by atoms with Gasteiger partial charge in [0.2, 0.25) is 0 Å². The Balaban J connectivity index is 1.63. The third-order valence-corrected chi connectivity index (χ3v) is 6.63. The van der Waals surface area contributed by atoms with Gasteiger partial charge >= 0.3 is 12.4 Å². The zero-order chi connectivity index (χ0) is 28.6. The lowest BCUT2D eigenvalue weighted by Gasteiger charge is -2.25. The highest BCUT2D eigenvalue weighted by Crippen LogP contribution is 2.41. The van der Waals surface area contributed by atoms with Gasteiger partial charge in [-0.15, -0.1) is 0 Å². The van der Waals surface area contributed by atoms with E-state index in [4.69, 9.17) is 18.9 Å². The first kappa shape index (κ1) is 28.9. The second-order valence-corrected chi connectivity index (χ2v) is 9.85. The molecular weight excluding hydrogens is 530 g/mol. The standard InChI is InChI=1S/C27H28F6N2O4/c1-25(2,23-34-21(19(38-23)13-36-3)15-5-9-17(10-6-15)26(28,29)30)24-35-22(20(39-24)14-37-4)16-7-11-18(12-8-16)27(31,32)33/h5-12,19-22H,13-14H2,1-4H3/t19-,20-,21-,22-/m1/s1. The van der Waals surface area contributed by atoms with Gasteiger partial charge in [0, 0.05) is 14.2 Å². The number of benzene rings is 2. The number of hydrogen-bond donors (Lipinski definition) is 0. The molecule has 4 rings (SSSR count). The molecule has 0 aliphatic carbocycles. The lowest BCUT2D eigenvalue weighted by Crippen LogP contribution is -2.37. The topological polar surface area (TPSA) is 61.6 Å². The predicted molar refractivity (Wildman–Crippen MR) is 131 cm³/mol. The predicted octanol–water partition coefficient (Wildman–Crippen LogP) is 6.42. The minimum Gasteiger partial charge on any atom is -0.472 e. The largest absolute Gasteiger partial charge is 0.472 e. The van der Waals surface area contributed by atoms with Crippen LogP contribution in [0.1, 0.15) is 48.2 Å². The summed E-state index contributed by atoms with van der Waals surface area (Å²) in [4.78, 5) is 9.38. The molecule has 0 saturated heterocycles. The highest BCUT2D eigenvalue weighted by molar-refractivity contribution is 6.05. The molecule has 0 fully saturated rings. The molecule has 0 radical (unpaired) electrons. The first-order chi connectivity index (χ1) is 18.3. The Bertz CT molecular complexity index is 1110. The van der Waals surface area contributed by atoms with E-state index in [1.54, 1.807) is 13.8 Å². The van der Waals surface area contributed by atoms with Crippen LogP contribution in [0.25, 0.3) is 0 Å². The van der Waals surface area contributed by atoms with Crippen molar-refractivity contribution >= 4 is 11.8 Å². The summed E-state index contributed by atoms with van der Waals surface area (Å²) < 4.78 is 101. The quantitative estimate of drug-likeness (QED) is 0.351. The second-order valence-electron chi connectivity index (χ2n) is 9.85. The monoisotopic (exact) mass is 558 g/mol. The minimum atomic E-state index is -4.46. The maximum atomic E-state index is 13.0. The van der Waals surface area contributed by atoms with Crippen LogP contribution in [0.2, 0.25) is 0 Å². The number of alkyl halides is 6. The molecule has 0 aromatic heterocycles. The zero-order valence-electron chi connectivity index (χ0n) is 21.6. The van der Waals surface area contributed by atoms with Gasteiger partial charge in [0.05, 0.1) is 24.3 Å². The van der Waals surface area contributed by atoms with Crippen LogP contribution < -0.4 is 0 Å². The maximum absolute atomic E-state index is 13.0. The molecule has 0 unspecified atom stereocenters. The summed E-state index contributed by atoms with van der Waals surface area (Å²) in [6.07, 6.45) is -10.1. The van der Waals surface area contributed by atoms with Crippen molar-refractivity contribution in [2.24, 2.45) is 15.4 Å². The molecule has 6 nitrogen and oxygen atoms in total. The lowest BCUT2D eigenvalue weighted by molar-refractivity contribution is -0.138. The fourth-order valence-electron chi connectivity index (χ4n) is 4.50. The number of methoxy groups -OCH3 is 2. The molecule has 2 aliphatic rings. The van der Waals surface area contributed by atoms with E-state index in [9.17, 15) is 26.3 Å². The Morgan fingerprint density at radius 3 is 1.26 bits per heavy atom. The van der Waals surface area contributed by atoms with E-state index in [0.29, 0.717) is 11.1 Å². The number of hydrogen-bond acceptors (Lipinski definition) is 6. The average Bonchev–Trinajstić information content (AvgIpc) is 3.49. The van der Waals surface area contributed by atoms with Crippen molar-refractivity contribution < 1.29 is 45.3 Å². The molecule has 0 spiro atoms. The summed E-state index contributed by atoms with van der Waals surface area (Å²) in [5.74, 6) is 0.495. The Labute approximate surface area is 221 Å². The van der Waals surface area contributed by atoms with Crippen molar-refractivity contribution in [3.8, 4) is 0 Å². The number of nitrogens with zero attached hydrogens (tertiary/aromatic N) is 2. The van der Waals surface area contributed by atoms with Gasteiger partial charge in [-0.05, 0) is 49.2 Å². The minimum absolute atomic E-state index is 0.128. The molecular formula is C27H28F6N2O4. The Kier molecular flexibility index (Phi) is 8.00. The summed E-state index contributed by atoms with van der Waals surface area (Å²) in [5.41, 5.74) is -1.52. The van der Waals surface area contributed by atoms with Crippen LogP contribution in [0.5, 0.6) is 0 Å². The number of rotatable bonds is 8. The molecule has 2 aromatic carbocycles. The van der Waals surface area contributed by atoms with Gasteiger partial charge in [0.15, 0.2) is 11.8 Å². The fourth-order valence-corrected chi connectivity index (χ4v) is 4.50. The van der Waals surface area contributed by atoms with Crippen LogP contribution in [0.15, 0.2) is 58.5 Å². The van der Waals surface area contributed by atoms with Crippen LogP contribution in [-0.2, 0) is 31.3 Å². The van der Waals surface area contributed by atoms with Crippen molar-refractivity contribution in [2.75, 3.05) is 27.4 Å². The Hall–Kier alpha value is -3.12. The molecule has 0 bridgehead atoms. The number of aliphatic imine (C=N–C) groups is 2. The van der Waals surface area contributed by atoms with Crippen LogP contribution in [0, 0.1) is 5.41 Å². The molecule has 2 heterocycles. The van der Waals surface area contributed by atoms with Gasteiger partial charge < -0.3 is 18.9 Å². The van der Waals surface area contributed by atoms with Crippen molar-refractivity contribution in [1.82, 2.24) is 0 Å². The van der Waals surface area contributed by atoms with E-state index in [2.05, 4.69) is 9.98 Å². The summed E-state index contributed by atoms with van der Waals surface area (Å²) in [5, 5.41) is 0. The first-order valence-electron chi connectivity index (χ1n) is 12.1. The Morgan fingerprint density at radius 1 is 0.641 bits per heavy atom. The van der Waals surface area contributed by atoms with Gasteiger partial charge in [-0.3, -0.25) is 0 Å². The van der Waals surface area contributed by atoms with E-state index in [1.165, 1.54) is 38.5 Å². The number of halogens is 6. The molecule has 2 aliphatic heterocycles. The first-order valence-corrected chi connectivity index (χ1v) is 12.1. The summed E-state index contributed by atoms with van der Waals surface area (Å²) in [6, 6.07) is 8.13. The van der Waals surface area contributed by atoms with Gasteiger partial charge in [-0.25, -0.2) is 9.98 Å². The SMILES string of the molecule is COC[C@H]1OC(C(C)(C)C2=N[C@H](c3ccc(C(F)(F)F)cc3)[C@@H](COC)O2)=N[C@@H]1c1ccc(C(F)(F)F)cc1. The fraction of sp³-hybridized carbons (Fsp3) is 0.481. The van der Waals surface area contributed by atoms with Crippen molar-refractivity contribution in [3.63, 3.8) is 0 Å². The van der Waals surface area contributed by atoms with Crippen LogP contribution in [0.4, 0.5) is 26.3 Å². The van der Waals surface area contributed by atoms with Gasteiger partial charge in [-0.1, -0.05) is 24.3 Å². The normalized spacial score (nSPS) is 23.7. The average molecular weight is 559 g/mol. The number of ether oxygens (including phenoxy) is 4. The van der Waals surface area contributed by atoms with Crippen molar-refractivity contribution in [3.05, 3.63) is 70.8 Å². The second kappa shape index (κ2) is 10.8. The van der Waals surface area contributed by atoms with E-state index in [1.807, 2.05) is 0 Å². The van der Waals surface area contributed by atoms with Crippen LogP contribution in [0.3, 0.4) is 0 Å². The molecule has 2 aromatic rings. The van der Waals surface area contributed by atoms with Gasteiger partial charge in [-0.2, -0.15) is 26.3 Å². The van der Waals surface area contributed by atoms with E-state index in [-0.39, 0.29) is 25.0 Å². The van der Waals surface area contributed by atoms with Gasteiger partial charge in [0.1, 0.15) is 29.7 Å². The Morgan fingerprint density at radius 2 is 0.974 bits per heavy atom. The molecule has 4 atom stereocenters. The molecule has 0 N–H and O–H groups in total. The molecule has 212 valence electrons. The smallest absolute Gasteiger partial charge is 0.416 e. The van der Waals surface area contributed by atoms with Crippen molar-refractivity contribution in [1.29, 1.82) is 0 Å². The van der Waals surface area contributed by atoms with E-state index >= 15 is 0 Å². The van der Waals surface area contributed by atoms with Crippen LogP contribution >= 0.6 is 0 Å². The van der Waals surface area contributed by atoms with Crippen molar-refractivity contribution in [2.45, 2.75) is 50.5 Å². The maximum Gasteiger partial charge on any atom is 0.416 e. The molecule has 39 heavy (non-hydrogen) atoms. The third kappa shape index (κ3) is 6.06. The van der Waals surface area contributed by atoms with Crippen LogP contribution in [-0.4, -0.2) is 51.4 Å². The zero-order valence-corrected chi connectivity index (χ0v) is 21.6.